The van der Waals surface area contributed by atoms with Crippen LogP contribution in [-0.4, -0.2) is 4.98 Å². The van der Waals surface area contributed by atoms with Crippen molar-refractivity contribution in [3.05, 3.63) is 66.2 Å². The van der Waals surface area contributed by atoms with Gasteiger partial charge in [-0.3, -0.25) is 0 Å². The molecule has 20 heavy (non-hydrogen) atoms. The average Bonchev–Trinajstić information content (AvgIpc) is 2.46. The Morgan fingerprint density at radius 1 is 0.800 bits per heavy atom. The summed E-state index contributed by atoms with van der Waals surface area (Å²) in [6.07, 6.45) is -4.43. The molecule has 0 spiro atoms. The second-order valence-electron chi connectivity index (χ2n) is 4.44. The van der Waals surface area contributed by atoms with E-state index in [2.05, 4.69) is 4.98 Å². The van der Waals surface area contributed by atoms with Crippen molar-refractivity contribution < 1.29 is 13.2 Å². The third kappa shape index (κ3) is 2.25. The van der Waals surface area contributed by atoms with E-state index in [0.29, 0.717) is 16.5 Å². The fourth-order valence-electron chi connectivity index (χ4n) is 2.15. The van der Waals surface area contributed by atoms with Crippen LogP contribution in [0.3, 0.4) is 0 Å². The fourth-order valence-corrected chi connectivity index (χ4v) is 2.15. The molecule has 1 aromatic heterocycles. The lowest BCUT2D eigenvalue weighted by Gasteiger charge is -2.13. The van der Waals surface area contributed by atoms with Crippen molar-refractivity contribution in [2.75, 3.05) is 0 Å². The first-order valence-corrected chi connectivity index (χ1v) is 6.08. The van der Waals surface area contributed by atoms with Gasteiger partial charge in [-0.2, -0.15) is 13.2 Å². The zero-order valence-corrected chi connectivity index (χ0v) is 10.4. The number of hydrogen-bond donors (Lipinski definition) is 0. The number of fused-ring (bicyclic) bond motifs is 1. The Balaban J connectivity index is 2.33. The van der Waals surface area contributed by atoms with Crippen molar-refractivity contribution in [2.24, 2.45) is 0 Å². The standard InChI is InChI=1S/C16H10F3N/c17-16(18,19)13-10-12-8-4-5-9-14(12)20-15(13)11-6-2-1-3-7-11/h1-10H. The summed E-state index contributed by atoms with van der Waals surface area (Å²) < 4.78 is 39.7. The van der Waals surface area contributed by atoms with Gasteiger partial charge in [0.2, 0.25) is 0 Å². The molecule has 0 unspecified atom stereocenters. The van der Waals surface area contributed by atoms with Gasteiger partial charge >= 0.3 is 6.18 Å². The zero-order chi connectivity index (χ0) is 14.2. The molecule has 2 aromatic carbocycles. The predicted molar refractivity (Wildman–Crippen MR) is 72.2 cm³/mol. The maximum atomic E-state index is 13.2. The highest BCUT2D eigenvalue weighted by Crippen LogP contribution is 2.37. The van der Waals surface area contributed by atoms with E-state index in [9.17, 15) is 13.2 Å². The molecule has 0 N–H and O–H groups in total. The minimum Gasteiger partial charge on any atom is -0.247 e. The Kier molecular flexibility index (Phi) is 2.93. The van der Waals surface area contributed by atoms with Gasteiger partial charge in [-0.15, -0.1) is 0 Å². The first-order valence-electron chi connectivity index (χ1n) is 6.08. The molecule has 1 heterocycles. The molecule has 100 valence electrons. The van der Waals surface area contributed by atoms with Gasteiger partial charge < -0.3 is 0 Å². The monoisotopic (exact) mass is 273 g/mol. The van der Waals surface area contributed by atoms with Gasteiger partial charge in [0, 0.05) is 10.9 Å². The van der Waals surface area contributed by atoms with Gasteiger partial charge in [0.25, 0.3) is 0 Å². The van der Waals surface area contributed by atoms with E-state index in [0.717, 1.165) is 6.07 Å². The van der Waals surface area contributed by atoms with E-state index >= 15 is 0 Å². The largest absolute Gasteiger partial charge is 0.418 e. The third-order valence-electron chi connectivity index (χ3n) is 3.08. The number of para-hydroxylation sites is 1. The average molecular weight is 273 g/mol. The molecule has 0 amide bonds. The minimum absolute atomic E-state index is 0.0307. The molecular weight excluding hydrogens is 263 g/mol. The molecule has 0 aliphatic carbocycles. The summed E-state index contributed by atoms with van der Waals surface area (Å²) >= 11 is 0. The van der Waals surface area contributed by atoms with E-state index in [1.807, 2.05) is 0 Å². The molecule has 0 fully saturated rings. The Bertz CT molecular complexity index is 749. The van der Waals surface area contributed by atoms with E-state index in [1.54, 1.807) is 54.6 Å². The summed E-state index contributed by atoms with van der Waals surface area (Å²) in [7, 11) is 0. The fraction of sp³-hybridized carbons (Fsp3) is 0.0625. The van der Waals surface area contributed by atoms with Crippen LogP contribution in [-0.2, 0) is 6.18 Å². The van der Waals surface area contributed by atoms with Crippen LogP contribution in [0.2, 0.25) is 0 Å². The second-order valence-corrected chi connectivity index (χ2v) is 4.44. The first kappa shape index (κ1) is 12.7. The normalized spacial score (nSPS) is 11.8. The number of rotatable bonds is 1. The molecule has 3 rings (SSSR count). The molecule has 0 aliphatic rings. The van der Waals surface area contributed by atoms with Crippen LogP contribution in [0, 0.1) is 0 Å². The van der Waals surface area contributed by atoms with E-state index < -0.39 is 11.7 Å². The molecule has 3 aromatic rings. The first-order chi connectivity index (χ1) is 9.55. The van der Waals surface area contributed by atoms with E-state index in [4.69, 9.17) is 0 Å². The lowest BCUT2D eigenvalue weighted by Crippen LogP contribution is -2.08. The number of halogens is 3. The molecule has 0 saturated heterocycles. The molecule has 0 saturated carbocycles. The van der Waals surface area contributed by atoms with Crippen LogP contribution in [0.15, 0.2) is 60.7 Å². The van der Waals surface area contributed by atoms with E-state index in [1.165, 1.54) is 0 Å². The van der Waals surface area contributed by atoms with Gasteiger partial charge in [0.1, 0.15) is 0 Å². The number of hydrogen-bond acceptors (Lipinski definition) is 1. The molecular formula is C16H10F3N. The summed E-state index contributed by atoms with van der Waals surface area (Å²) in [6.45, 7) is 0. The predicted octanol–water partition coefficient (Wildman–Crippen LogP) is 4.92. The van der Waals surface area contributed by atoms with Crippen molar-refractivity contribution in [1.82, 2.24) is 4.98 Å². The number of benzene rings is 2. The van der Waals surface area contributed by atoms with Crippen molar-refractivity contribution in [2.45, 2.75) is 6.18 Å². The van der Waals surface area contributed by atoms with Crippen LogP contribution in [0.1, 0.15) is 5.56 Å². The molecule has 0 radical (unpaired) electrons. The number of alkyl halides is 3. The Hall–Kier alpha value is -2.36. The van der Waals surface area contributed by atoms with Crippen molar-refractivity contribution in [3.8, 4) is 11.3 Å². The lowest BCUT2D eigenvalue weighted by atomic mass is 10.0. The van der Waals surface area contributed by atoms with Gasteiger partial charge in [-0.25, -0.2) is 4.98 Å². The van der Waals surface area contributed by atoms with Crippen LogP contribution >= 0.6 is 0 Å². The van der Waals surface area contributed by atoms with Gasteiger partial charge in [-0.1, -0.05) is 48.5 Å². The summed E-state index contributed by atoms with van der Waals surface area (Å²) in [6, 6.07) is 16.4. The van der Waals surface area contributed by atoms with Crippen LogP contribution in [0.5, 0.6) is 0 Å². The highest BCUT2D eigenvalue weighted by molar-refractivity contribution is 5.83. The van der Waals surface area contributed by atoms with Gasteiger partial charge in [0.05, 0.1) is 16.8 Å². The molecule has 4 heteroatoms. The van der Waals surface area contributed by atoms with Crippen LogP contribution < -0.4 is 0 Å². The molecule has 1 nitrogen and oxygen atoms in total. The van der Waals surface area contributed by atoms with Crippen LogP contribution in [0.25, 0.3) is 22.2 Å². The number of nitrogens with zero attached hydrogens (tertiary/aromatic N) is 1. The molecule has 0 atom stereocenters. The smallest absolute Gasteiger partial charge is 0.247 e. The highest BCUT2D eigenvalue weighted by atomic mass is 19.4. The Morgan fingerprint density at radius 3 is 2.15 bits per heavy atom. The van der Waals surface area contributed by atoms with Crippen molar-refractivity contribution in [1.29, 1.82) is 0 Å². The van der Waals surface area contributed by atoms with E-state index in [-0.39, 0.29) is 5.69 Å². The van der Waals surface area contributed by atoms with Crippen molar-refractivity contribution >= 4 is 10.9 Å². The quantitative estimate of drug-likeness (QED) is 0.613. The Morgan fingerprint density at radius 2 is 1.45 bits per heavy atom. The summed E-state index contributed by atoms with van der Waals surface area (Å²) in [4.78, 5) is 4.19. The maximum Gasteiger partial charge on any atom is 0.418 e. The maximum absolute atomic E-state index is 13.2. The Labute approximate surface area is 113 Å². The topological polar surface area (TPSA) is 12.9 Å². The summed E-state index contributed by atoms with van der Waals surface area (Å²) in [5, 5.41) is 0.486. The summed E-state index contributed by atoms with van der Waals surface area (Å²) in [5.74, 6) is 0. The van der Waals surface area contributed by atoms with Gasteiger partial charge in [0.15, 0.2) is 0 Å². The highest BCUT2D eigenvalue weighted by Gasteiger charge is 2.34. The molecule has 0 bridgehead atoms. The SMILES string of the molecule is FC(F)(F)c1cc2ccccc2nc1-c1ccccc1. The zero-order valence-electron chi connectivity index (χ0n) is 10.4. The lowest BCUT2D eigenvalue weighted by molar-refractivity contribution is -0.137. The third-order valence-corrected chi connectivity index (χ3v) is 3.08. The summed E-state index contributed by atoms with van der Waals surface area (Å²) in [5.41, 5.74) is 0.282. The molecule has 0 aliphatic heterocycles. The number of pyridine rings is 1. The number of aromatic nitrogens is 1. The van der Waals surface area contributed by atoms with Crippen LogP contribution in [0.4, 0.5) is 13.2 Å². The second kappa shape index (κ2) is 4.63. The van der Waals surface area contributed by atoms with Crippen molar-refractivity contribution in [3.63, 3.8) is 0 Å². The minimum atomic E-state index is -4.43. The van der Waals surface area contributed by atoms with Gasteiger partial charge in [-0.05, 0) is 12.1 Å².